The lowest BCUT2D eigenvalue weighted by atomic mass is 10.0. The summed E-state index contributed by atoms with van der Waals surface area (Å²) < 4.78 is 8.06. The van der Waals surface area contributed by atoms with Gasteiger partial charge in [-0.05, 0) is 19.9 Å². The van der Waals surface area contributed by atoms with Gasteiger partial charge in [-0.25, -0.2) is 19.9 Å². The highest BCUT2D eigenvalue weighted by molar-refractivity contribution is 6.35. The highest BCUT2D eigenvalue weighted by Crippen LogP contribution is 2.37. The van der Waals surface area contributed by atoms with Crippen molar-refractivity contribution in [1.82, 2.24) is 29.5 Å². The van der Waals surface area contributed by atoms with E-state index in [2.05, 4.69) is 25.5 Å². The van der Waals surface area contributed by atoms with E-state index in [0.29, 0.717) is 37.1 Å². The summed E-state index contributed by atoms with van der Waals surface area (Å²) in [4.78, 5) is 24.3. The van der Waals surface area contributed by atoms with Gasteiger partial charge >= 0.3 is 0 Å². The number of hydrogen-bond acceptors (Lipinski definition) is 7. The fraction of sp³-hybridized carbons (Fsp3) is 0.381. The fourth-order valence-corrected chi connectivity index (χ4v) is 4.49. The van der Waals surface area contributed by atoms with E-state index in [1.165, 1.54) is 0 Å². The normalized spacial score (nSPS) is 18.2. The minimum Gasteiger partial charge on any atom is -0.366 e. The summed E-state index contributed by atoms with van der Waals surface area (Å²) in [7, 11) is 0. The first-order valence-electron chi connectivity index (χ1n) is 10.1. The third-order valence-electron chi connectivity index (χ3n) is 6.00. The lowest BCUT2D eigenvalue weighted by Crippen LogP contribution is -2.46. The molecule has 4 aromatic heterocycles. The molecule has 6 heterocycles. The van der Waals surface area contributed by atoms with Gasteiger partial charge in [0, 0.05) is 43.0 Å². The van der Waals surface area contributed by atoms with Crippen molar-refractivity contribution in [2.24, 2.45) is 5.92 Å². The van der Waals surface area contributed by atoms with E-state index in [9.17, 15) is 5.26 Å². The predicted molar refractivity (Wildman–Crippen MR) is 116 cm³/mol. The first kappa shape index (κ1) is 18.5. The van der Waals surface area contributed by atoms with Gasteiger partial charge in [0.1, 0.15) is 17.1 Å². The molecule has 31 heavy (non-hydrogen) atoms. The molecule has 2 aliphatic heterocycles. The number of anilines is 1. The Morgan fingerprint density at radius 2 is 2.13 bits per heavy atom. The van der Waals surface area contributed by atoms with Gasteiger partial charge in [0.15, 0.2) is 22.8 Å². The molecule has 156 valence electrons. The third-order valence-corrected chi connectivity index (χ3v) is 6.31. The number of nitriles is 1. The van der Waals surface area contributed by atoms with E-state index in [0.717, 1.165) is 39.4 Å². The molecule has 0 radical (unpaired) electrons. The Bertz CT molecular complexity index is 1390. The van der Waals surface area contributed by atoms with Gasteiger partial charge in [0.2, 0.25) is 0 Å². The Kier molecular flexibility index (Phi) is 3.82. The van der Waals surface area contributed by atoms with Crippen molar-refractivity contribution in [3.63, 3.8) is 0 Å². The van der Waals surface area contributed by atoms with E-state index in [-0.39, 0.29) is 5.92 Å². The van der Waals surface area contributed by atoms with Gasteiger partial charge in [0.05, 0.1) is 23.6 Å². The number of imidazole rings is 1. The van der Waals surface area contributed by atoms with Crippen molar-refractivity contribution in [3.8, 4) is 17.5 Å². The molecule has 4 aromatic rings. The topological polar surface area (TPSA) is 109 Å². The standard InChI is InChI=1S/C21H19ClN8O/c1-21(2)20-26-15-18(29-9-11(6-23)10-29)27-16(28-19(15)30(20)3-4-31-21)12-5-13-14(22)8-25-17(13)24-7-12/h5,7-8,11H,3-4,9-10H2,1-2H3,(H,24,25). The van der Waals surface area contributed by atoms with Crippen LogP contribution in [0.1, 0.15) is 19.7 Å². The number of nitrogens with zero attached hydrogens (tertiary/aromatic N) is 7. The summed E-state index contributed by atoms with van der Waals surface area (Å²) >= 11 is 6.30. The molecule has 0 amide bonds. The summed E-state index contributed by atoms with van der Waals surface area (Å²) in [5.41, 5.74) is 2.49. The lowest BCUT2D eigenvalue weighted by Gasteiger charge is -2.36. The number of aromatic amines is 1. The van der Waals surface area contributed by atoms with Crippen LogP contribution in [0.2, 0.25) is 5.02 Å². The molecule has 0 unspecified atom stereocenters. The van der Waals surface area contributed by atoms with Gasteiger partial charge in [-0.15, -0.1) is 0 Å². The van der Waals surface area contributed by atoms with Crippen molar-refractivity contribution >= 4 is 39.6 Å². The zero-order chi connectivity index (χ0) is 21.3. The second-order valence-corrected chi connectivity index (χ2v) is 8.88. The Morgan fingerprint density at radius 3 is 2.94 bits per heavy atom. The van der Waals surface area contributed by atoms with E-state index < -0.39 is 5.60 Å². The maximum atomic E-state index is 9.23. The van der Waals surface area contributed by atoms with Crippen molar-refractivity contribution in [2.75, 3.05) is 24.6 Å². The monoisotopic (exact) mass is 434 g/mol. The van der Waals surface area contributed by atoms with E-state index in [1.54, 1.807) is 12.4 Å². The average molecular weight is 435 g/mol. The van der Waals surface area contributed by atoms with Gasteiger partial charge in [-0.1, -0.05) is 11.6 Å². The molecule has 1 N–H and O–H groups in total. The maximum Gasteiger partial charge on any atom is 0.166 e. The second kappa shape index (κ2) is 6.39. The number of aromatic nitrogens is 6. The van der Waals surface area contributed by atoms with E-state index in [1.807, 2.05) is 19.9 Å². The van der Waals surface area contributed by atoms with Crippen LogP contribution in [0.3, 0.4) is 0 Å². The number of pyridine rings is 1. The van der Waals surface area contributed by atoms with Crippen LogP contribution in [-0.2, 0) is 16.9 Å². The van der Waals surface area contributed by atoms with Crippen molar-refractivity contribution in [2.45, 2.75) is 26.0 Å². The zero-order valence-electron chi connectivity index (χ0n) is 17.1. The number of ether oxygens (including phenoxy) is 1. The smallest absolute Gasteiger partial charge is 0.166 e. The molecule has 1 fully saturated rings. The fourth-order valence-electron chi connectivity index (χ4n) is 4.29. The summed E-state index contributed by atoms with van der Waals surface area (Å²) in [5.74, 6) is 2.13. The number of fused-ring (bicyclic) bond motifs is 4. The molecule has 6 rings (SSSR count). The molecule has 0 aromatic carbocycles. The SMILES string of the molecule is CC1(C)OCCn2c1nc1c(N3CC(C#N)C3)nc(-c3cnc4[nH]cc(Cl)c4c3)nc12. The van der Waals surface area contributed by atoms with Crippen LogP contribution >= 0.6 is 11.6 Å². The van der Waals surface area contributed by atoms with Crippen molar-refractivity contribution < 1.29 is 4.74 Å². The predicted octanol–water partition coefficient (Wildman–Crippen LogP) is 3.25. The molecule has 1 saturated heterocycles. The van der Waals surface area contributed by atoms with Gasteiger partial charge in [0.25, 0.3) is 0 Å². The van der Waals surface area contributed by atoms with Crippen LogP contribution in [0, 0.1) is 17.2 Å². The molecule has 0 aliphatic carbocycles. The Balaban J connectivity index is 1.58. The van der Waals surface area contributed by atoms with Crippen molar-refractivity contribution in [3.05, 3.63) is 29.3 Å². The number of H-pyrrole nitrogens is 1. The van der Waals surface area contributed by atoms with Crippen LogP contribution in [0.25, 0.3) is 33.6 Å². The summed E-state index contributed by atoms with van der Waals surface area (Å²) in [6.45, 7) is 6.55. The zero-order valence-corrected chi connectivity index (χ0v) is 17.8. The van der Waals surface area contributed by atoms with Gasteiger partial charge in [-0.3, -0.25) is 0 Å². The minimum atomic E-state index is -0.514. The van der Waals surface area contributed by atoms with Crippen LogP contribution in [-0.4, -0.2) is 49.2 Å². The maximum absolute atomic E-state index is 9.23. The Labute approximate surface area is 182 Å². The molecule has 0 atom stereocenters. The number of rotatable bonds is 2. The van der Waals surface area contributed by atoms with Crippen LogP contribution in [0.15, 0.2) is 18.5 Å². The number of hydrogen-bond donors (Lipinski definition) is 1. The van der Waals surface area contributed by atoms with E-state index in [4.69, 9.17) is 31.3 Å². The molecular formula is C21H19ClN8O. The largest absolute Gasteiger partial charge is 0.366 e. The highest BCUT2D eigenvalue weighted by atomic mass is 35.5. The summed E-state index contributed by atoms with van der Waals surface area (Å²) in [6.07, 6.45) is 3.46. The third kappa shape index (κ3) is 2.72. The second-order valence-electron chi connectivity index (χ2n) is 8.48. The summed E-state index contributed by atoms with van der Waals surface area (Å²) in [6, 6.07) is 4.27. The van der Waals surface area contributed by atoms with Gasteiger partial charge < -0.3 is 19.2 Å². The first-order valence-corrected chi connectivity index (χ1v) is 10.5. The highest BCUT2D eigenvalue weighted by Gasteiger charge is 2.36. The Hall–Kier alpha value is -3.22. The Morgan fingerprint density at radius 1 is 1.29 bits per heavy atom. The van der Waals surface area contributed by atoms with Crippen LogP contribution < -0.4 is 4.90 Å². The molecule has 2 aliphatic rings. The minimum absolute atomic E-state index is 0.00200. The lowest BCUT2D eigenvalue weighted by molar-refractivity contribution is -0.0530. The quantitative estimate of drug-likeness (QED) is 0.515. The van der Waals surface area contributed by atoms with Crippen LogP contribution in [0.5, 0.6) is 0 Å². The van der Waals surface area contributed by atoms with Crippen LogP contribution in [0.4, 0.5) is 5.82 Å². The number of nitrogens with one attached hydrogen (secondary N) is 1. The average Bonchev–Trinajstić information content (AvgIpc) is 3.29. The van der Waals surface area contributed by atoms with Crippen molar-refractivity contribution in [1.29, 1.82) is 5.26 Å². The molecule has 9 nitrogen and oxygen atoms in total. The molecular weight excluding hydrogens is 416 g/mol. The van der Waals surface area contributed by atoms with E-state index >= 15 is 0 Å². The van der Waals surface area contributed by atoms with Gasteiger partial charge in [-0.2, -0.15) is 5.26 Å². The first-order chi connectivity index (χ1) is 14.9. The number of halogens is 1. The molecule has 0 saturated carbocycles. The summed E-state index contributed by atoms with van der Waals surface area (Å²) in [5, 5.41) is 10.7. The molecule has 0 spiro atoms. The molecule has 0 bridgehead atoms. The molecule has 10 heteroatoms.